The van der Waals surface area contributed by atoms with Gasteiger partial charge in [-0.15, -0.1) is 0 Å². The smallest absolute Gasteiger partial charge is 0.337 e. The van der Waals surface area contributed by atoms with Crippen LogP contribution < -0.4 is 10.6 Å². The first-order valence-electron chi connectivity index (χ1n) is 8.96. The number of carbonyl (C=O) groups is 1. The second-order valence-electron chi connectivity index (χ2n) is 6.10. The van der Waals surface area contributed by atoms with E-state index in [0.29, 0.717) is 27.4 Å². The first-order chi connectivity index (χ1) is 13.6. The lowest BCUT2D eigenvalue weighted by atomic mass is 9.82. The molecule has 0 aromatic carbocycles. The summed E-state index contributed by atoms with van der Waals surface area (Å²) in [5, 5.41) is 14.6. The number of quaternary nitrogens is 1. The van der Waals surface area contributed by atoms with Crippen LogP contribution in [0.1, 0.15) is 18.4 Å². The molecule has 1 aromatic heterocycles. The fraction of sp³-hybridized carbons (Fsp3) is 0.350. The number of esters is 1. The molecule has 1 saturated heterocycles. The van der Waals surface area contributed by atoms with Crippen molar-refractivity contribution in [3.05, 3.63) is 65.0 Å². The molecule has 3 N–H and O–H groups in total. The minimum Gasteiger partial charge on any atom is -0.763 e. The van der Waals surface area contributed by atoms with Gasteiger partial charge in [0.05, 0.1) is 37.8 Å². The third kappa shape index (κ3) is 5.68. The molecule has 3 heterocycles. The molecule has 2 aliphatic heterocycles. The molecule has 0 saturated carbocycles. The highest BCUT2D eigenvalue weighted by atomic mass is 32.1. The van der Waals surface area contributed by atoms with E-state index >= 15 is 0 Å². The van der Waals surface area contributed by atoms with E-state index in [1.54, 1.807) is 31.5 Å². The van der Waals surface area contributed by atoms with Crippen LogP contribution in [0.15, 0.2) is 54.0 Å². The van der Waals surface area contributed by atoms with Crippen LogP contribution in [0.2, 0.25) is 0 Å². The Balaban J connectivity index is 0.000000397. The zero-order chi connectivity index (χ0) is 20.4. The summed E-state index contributed by atoms with van der Waals surface area (Å²) in [6.45, 7) is 9.54. The lowest BCUT2D eigenvalue weighted by Gasteiger charge is -2.30. The monoisotopic (exact) mass is 400 g/mol. The van der Waals surface area contributed by atoms with Crippen molar-refractivity contribution in [2.45, 2.75) is 12.8 Å². The van der Waals surface area contributed by atoms with Gasteiger partial charge in [0.1, 0.15) is 11.6 Å². The van der Waals surface area contributed by atoms with Crippen LogP contribution in [0.5, 0.6) is 0 Å². The van der Waals surface area contributed by atoms with Gasteiger partial charge in [0.25, 0.3) is 0 Å². The van der Waals surface area contributed by atoms with E-state index in [2.05, 4.69) is 28.1 Å². The van der Waals surface area contributed by atoms with Crippen molar-refractivity contribution in [2.24, 2.45) is 0 Å². The Morgan fingerprint density at radius 3 is 2.82 bits per heavy atom. The summed E-state index contributed by atoms with van der Waals surface area (Å²) in [5.74, 6) is 1.00. The second kappa shape index (κ2) is 11.3. The molecule has 1 aromatic rings. The molecule has 3 rings (SSSR count). The molecule has 148 valence electrons. The number of nitrogens with zero attached hydrogens (tertiary/aromatic N) is 2. The molecular weight excluding hydrogens is 376 g/mol. The van der Waals surface area contributed by atoms with E-state index < -0.39 is 11.9 Å². The summed E-state index contributed by atoms with van der Waals surface area (Å²) in [5.41, 5.74) is 1.96. The van der Waals surface area contributed by atoms with Gasteiger partial charge < -0.3 is 25.5 Å². The van der Waals surface area contributed by atoms with Gasteiger partial charge in [-0.3, -0.25) is 10.9 Å². The maximum Gasteiger partial charge on any atom is 0.337 e. The van der Waals surface area contributed by atoms with Crippen LogP contribution in [-0.4, -0.2) is 54.7 Å². The van der Waals surface area contributed by atoms with Crippen molar-refractivity contribution in [1.29, 1.82) is 0 Å². The zero-order valence-electron chi connectivity index (χ0n) is 15.8. The molecule has 8 heteroatoms. The molecule has 1 unspecified atom stereocenters. The summed E-state index contributed by atoms with van der Waals surface area (Å²) < 4.78 is 10.2. The van der Waals surface area contributed by atoms with Gasteiger partial charge in [-0.2, -0.15) is 0 Å². The molecule has 0 aliphatic carbocycles. The Labute approximate surface area is 170 Å². The van der Waals surface area contributed by atoms with Crippen LogP contribution in [0, 0.1) is 0 Å². The highest BCUT2D eigenvalue weighted by Crippen LogP contribution is 2.36. The number of allylic oxidation sites excluding steroid dienone is 1. The molecule has 7 nitrogen and oxygen atoms in total. The number of aromatic nitrogens is 1. The van der Waals surface area contributed by atoms with E-state index in [1.165, 1.54) is 6.08 Å². The number of nitrogens with one attached hydrogen (secondary N) is 1. The minimum absolute atomic E-state index is 0.0989. The summed E-state index contributed by atoms with van der Waals surface area (Å²) in [6, 6.07) is 3.55. The first kappa shape index (κ1) is 21.7. The van der Waals surface area contributed by atoms with Crippen LogP contribution in [-0.2, 0) is 14.3 Å². The van der Waals surface area contributed by atoms with E-state index in [-0.39, 0.29) is 6.61 Å². The summed E-state index contributed by atoms with van der Waals surface area (Å²) in [6.07, 6.45) is 4.73. The summed E-state index contributed by atoms with van der Waals surface area (Å²) in [4.78, 5) is 16.7. The number of hydrogen-bond acceptors (Lipinski definition) is 5. The van der Waals surface area contributed by atoms with Gasteiger partial charge >= 0.3 is 5.97 Å². The zero-order valence-corrected chi connectivity index (χ0v) is 16.6. The van der Waals surface area contributed by atoms with E-state index in [1.807, 2.05) is 0 Å². The number of hydrogen-bond donors (Lipinski definition) is 2. The fourth-order valence-corrected chi connectivity index (χ4v) is 3.17. The topological polar surface area (TPSA) is 99.4 Å². The number of nitrogens with two attached hydrogens (primary N) is 1. The van der Waals surface area contributed by atoms with Gasteiger partial charge in [-0.1, -0.05) is 30.9 Å². The van der Waals surface area contributed by atoms with Gasteiger partial charge in [0.2, 0.25) is 0 Å². The summed E-state index contributed by atoms with van der Waals surface area (Å²) >= 11 is 5.21. The average molecular weight is 401 g/mol. The first-order valence-corrected chi connectivity index (χ1v) is 9.37. The maximum atomic E-state index is 12.4. The van der Waals surface area contributed by atoms with Crippen molar-refractivity contribution < 1.29 is 19.6 Å². The molecule has 1 atom stereocenters. The van der Waals surface area contributed by atoms with Gasteiger partial charge in [0.15, 0.2) is 0 Å². The van der Waals surface area contributed by atoms with Crippen LogP contribution >= 0.6 is 12.2 Å². The molecule has 2 aliphatic rings. The predicted octanol–water partition coefficient (Wildman–Crippen LogP) is 0.845. The van der Waals surface area contributed by atoms with Crippen molar-refractivity contribution in [3.63, 3.8) is 0 Å². The Hall–Kier alpha value is -2.64. The SMILES string of the molecule is C1COCC[NH2+]1.C=CCOC(=O)C1=C(C)NC(=S)C(=C=[N-])C1c1cccnc1. The number of thiocarbonyl (C=S) groups is 1. The van der Waals surface area contributed by atoms with E-state index in [4.69, 9.17) is 21.7 Å². The predicted molar refractivity (Wildman–Crippen MR) is 111 cm³/mol. The van der Waals surface area contributed by atoms with Gasteiger partial charge in [0, 0.05) is 23.7 Å². The van der Waals surface area contributed by atoms with Gasteiger partial charge in [-0.25, -0.2) is 4.79 Å². The Morgan fingerprint density at radius 1 is 1.57 bits per heavy atom. The highest BCUT2D eigenvalue weighted by Gasteiger charge is 2.34. The molecule has 0 radical (unpaired) electrons. The molecule has 0 bridgehead atoms. The quantitative estimate of drug-likeness (QED) is 0.256. The second-order valence-corrected chi connectivity index (χ2v) is 6.51. The van der Waals surface area contributed by atoms with Crippen molar-refractivity contribution in [1.82, 2.24) is 10.3 Å². The molecule has 0 amide bonds. The Morgan fingerprint density at radius 2 is 2.32 bits per heavy atom. The Bertz CT molecular complexity index is 785. The number of morpholine rings is 1. The average Bonchev–Trinajstić information content (AvgIpc) is 2.74. The van der Waals surface area contributed by atoms with Crippen LogP contribution in [0.25, 0.3) is 5.41 Å². The standard InChI is InChI=1S/C16H14N3O2S.C4H9NO/c1-3-7-21-16(20)13-10(2)19-15(22)12(8-17)14(13)11-5-4-6-18-9-11;1-3-6-4-2-5-1/h3-6,9,14H,1,7H2,2H3,(H,19,22);5H,1-4H2/q-1;/p+1. The highest BCUT2D eigenvalue weighted by molar-refractivity contribution is 7.80. The molecule has 0 spiro atoms. The number of carbonyl (C=O) groups excluding carboxylic acids is 1. The van der Waals surface area contributed by atoms with Crippen molar-refractivity contribution >= 4 is 29.0 Å². The van der Waals surface area contributed by atoms with Crippen molar-refractivity contribution in [3.8, 4) is 0 Å². The van der Waals surface area contributed by atoms with Crippen molar-refractivity contribution in [2.75, 3.05) is 32.9 Å². The third-order valence-corrected chi connectivity index (χ3v) is 4.47. The molecular formula is C20H24N4O3S. The minimum atomic E-state index is -0.579. The van der Waals surface area contributed by atoms with Gasteiger partial charge in [-0.05, 0) is 18.6 Å². The Kier molecular flexibility index (Phi) is 8.71. The third-order valence-electron chi connectivity index (χ3n) is 4.15. The number of ether oxygens (including phenoxy) is 2. The normalized spacial score (nSPS) is 19.0. The van der Waals surface area contributed by atoms with E-state index in [9.17, 15) is 10.2 Å². The summed E-state index contributed by atoms with van der Waals surface area (Å²) in [7, 11) is 0. The molecule has 28 heavy (non-hydrogen) atoms. The number of pyridine rings is 1. The van der Waals surface area contributed by atoms with E-state index in [0.717, 1.165) is 26.3 Å². The fourth-order valence-electron chi connectivity index (χ4n) is 2.86. The number of rotatable bonds is 4. The lowest BCUT2D eigenvalue weighted by Crippen LogP contribution is -2.87. The lowest BCUT2D eigenvalue weighted by molar-refractivity contribution is -0.670. The van der Waals surface area contributed by atoms with Crippen LogP contribution in [0.4, 0.5) is 0 Å². The molecule has 1 fully saturated rings. The largest absolute Gasteiger partial charge is 0.763 e. The maximum absolute atomic E-state index is 12.4. The van der Waals surface area contributed by atoms with Crippen LogP contribution in [0.3, 0.4) is 0 Å².